The van der Waals surface area contributed by atoms with Crippen LogP contribution in [0.5, 0.6) is 0 Å². The molecular formula is C25H25F3O3. The third-order valence-electron chi connectivity index (χ3n) is 5.03. The lowest BCUT2D eigenvalue weighted by Crippen LogP contribution is -2.08. The van der Waals surface area contributed by atoms with Crippen LogP contribution in [0.2, 0.25) is 0 Å². The van der Waals surface area contributed by atoms with Gasteiger partial charge in [0.05, 0.1) is 5.56 Å². The van der Waals surface area contributed by atoms with Crippen LogP contribution in [0.4, 0.5) is 13.2 Å². The van der Waals surface area contributed by atoms with Gasteiger partial charge in [-0.2, -0.15) is 13.2 Å². The summed E-state index contributed by atoms with van der Waals surface area (Å²) in [6, 6.07) is 11.2. The summed E-state index contributed by atoms with van der Waals surface area (Å²) in [7, 11) is 0. The van der Waals surface area contributed by atoms with E-state index in [0.29, 0.717) is 34.1 Å². The van der Waals surface area contributed by atoms with E-state index >= 15 is 0 Å². The van der Waals surface area contributed by atoms with Gasteiger partial charge in [-0.25, -0.2) is 4.79 Å². The van der Waals surface area contributed by atoms with Crippen LogP contribution in [0.15, 0.2) is 59.0 Å². The van der Waals surface area contributed by atoms with E-state index in [0.717, 1.165) is 19.3 Å². The smallest absolute Gasteiger partial charge is 0.417 e. The minimum atomic E-state index is -4.49. The Morgan fingerprint density at radius 2 is 1.81 bits per heavy atom. The molecule has 0 saturated heterocycles. The molecule has 3 nitrogen and oxygen atoms in total. The Morgan fingerprint density at radius 1 is 1.06 bits per heavy atom. The number of esters is 1. The molecule has 6 heteroatoms. The van der Waals surface area contributed by atoms with Crippen molar-refractivity contribution in [3.05, 3.63) is 71.3 Å². The first-order chi connectivity index (χ1) is 14.7. The number of aryl methyl sites for hydroxylation is 1. The zero-order valence-electron chi connectivity index (χ0n) is 17.6. The van der Waals surface area contributed by atoms with Crippen molar-refractivity contribution < 1.29 is 27.1 Å². The van der Waals surface area contributed by atoms with Crippen LogP contribution >= 0.6 is 0 Å². The highest BCUT2D eigenvalue weighted by Gasteiger charge is 2.34. The van der Waals surface area contributed by atoms with E-state index in [1.54, 1.807) is 37.3 Å². The van der Waals surface area contributed by atoms with Gasteiger partial charge in [0.1, 0.15) is 18.0 Å². The second-order valence-corrected chi connectivity index (χ2v) is 7.67. The van der Waals surface area contributed by atoms with Crippen molar-refractivity contribution in [2.45, 2.75) is 52.3 Å². The zero-order valence-corrected chi connectivity index (χ0v) is 17.6. The van der Waals surface area contributed by atoms with Crippen LogP contribution in [0, 0.1) is 0 Å². The Labute approximate surface area is 179 Å². The molecule has 0 aliphatic heterocycles. The highest BCUT2D eigenvalue weighted by molar-refractivity contribution is 5.87. The van der Waals surface area contributed by atoms with E-state index in [9.17, 15) is 18.0 Å². The lowest BCUT2D eigenvalue weighted by atomic mass is 9.98. The van der Waals surface area contributed by atoms with E-state index < -0.39 is 17.7 Å². The molecule has 0 N–H and O–H groups in total. The van der Waals surface area contributed by atoms with Gasteiger partial charge in [-0.1, -0.05) is 50.6 Å². The number of carbonyl (C=O) groups is 1. The standard InChI is InChI=1S/C25H25F3O3/c1-4-5-6-7-17-9-11-20(21(12-17)25(26,27)28)23-14-19-10-8-18(13-22(19)31-23)15-30-24(29)16(2)3/h8-14H,2,4-7,15H2,1,3H3. The quantitative estimate of drug-likeness (QED) is 0.211. The summed E-state index contributed by atoms with van der Waals surface area (Å²) in [5.74, 6) is -0.354. The lowest BCUT2D eigenvalue weighted by Gasteiger charge is -2.13. The molecule has 1 aromatic heterocycles. The summed E-state index contributed by atoms with van der Waals surface area (Å²) in [6.45, 7) is 7.16. The average molecular weight is 430 g/mol. The number of carbonyl (C=O) groups excluding carboxylic acids is 1. The van der Waals surface area contributed by atoms with Gasteiger partial charge in [0.25, 0.3) is 0 Å². The molecule has 0 aliphatic rings. The van der Waals surface area contributed by atoms with E-state index in [1.165, 1.54) is 12.1 Å². The third-order valence-corrected chi connectivity index (χ3v) is 5.03. The summed E-state index contributed by atoms with van der Waals surface area (Å²) in [5.41, 5.74) is 1.38. The van der Waals surface area contributed by atoms with Crippen molar-refractivity contribution in [2.75, 3.05) is 0 Å². The molecule has 31 heavy (non-hydrogen) atoms. The van der Waals surface area contributed by atoms with E-state index in [4.69, 9.17) is 9.15 Å². The first-order valence-corrected chi connectivity index (χ1v) is 10.2. The number of hydrogen-bond acceptors (Lipinski definition) is 3. The van der Waals surface area contributed by atoms with Crippen LogP contribution < -0.4 is 0 Å². The normalized spacial score (nSPS) is 11.6. The number of hydrogen-bond donors (Lipinski definition) is 0. The number of fused-ring (bicyclic) bond motifs is 1. The second-order valence-electron chi connectivity index (χ2n) is 7.67. The molecule has 1 heterocycles. The topological polar surface area (TPSA) is 39.4 Å². The van der Waals surface area contributed by atoms with Gasteiger partial charge in [-0.3, -0.25) is 0 Å². The highest BCUT2D eigenvalue weighted by atomic mass is 19.4. The van der Waals surface area contributed by atoms with Gasteiger partial charge < -0.3 is 9.15 Å². The van der Waals surface area contributed by atoms with Crippen LogP contribution in [-0.2, 0) is 28.7 Å². The number of benzene rings is 2. The summed E-state index contributed by atoms with van der Waals surface area (Å²) >= 11 is 0. The number of furan rings is 1. The minimum Gasteiger partial charge on any atom is -0.457 e. The van der Waals surface area contributed by atoms with Crippen molar-refractivity contribution in [2.24, 2.45) is 0 Å². The Kier molecular flexibility index (Phi) is 6.88. The molecule has 0 atom stereocenters. The van der Waals surface area contributed by atoms with Crippen molar-refractivity contribution >= 4 is 16.9 Å². The predicted octanol–water partition coefficient (Wildman–Crippen LogP) is 7.47. The van der Waals surface area contributed by atoms with Gasteiger partial charge >= 0.3 is 12.1 Å². The van der Waals surface area contributed by atoms with Gasteiger partial charge in [0.2, 0.25) is 0 Å². The molecule has 0 amide bonds. The number of unbranched alkanes of at least 4 members (excludes halogenated alkanes) is 2. The molecule has 0 spiro atoms. The second kappa shape index (κ2) is 9.41. The minimum absolute atomic E-state index is 0.0122. The van der Waals surface area contributed by atoms with Gasteiger partial charge in [0.15, 0.2) is 0 Å². The van der Waals surface area contributed by atoms with Gasteiger partial charge in [-0.05, 0) is 49.1 Å². The number of ether oxygens (including phenoxy) is 1. The zero-order chi connectivity index (χ0) is 22.6. The van der Waals surface area contributed by atoms with Crippen LogP contribution in [-0.4, -0.2) is 5.97 Å². The lowest BCUT2D eigenvalue weighted by molar-refractivity contribution is -0.140. The molecule has 0 radical (unpaired) electrons. The summed E-state index contributed by atoms with van der Waals surface area (Å²) in [6.07, 6.45) is -1.02. The van der Waals surface area contributed by atoms with Crippen LogP contribution in [0.1, 0.15) is 49.8 Å². The molecule has 0 fully saturated rings. The maximum absolute atomic E-state index is 13.8. The average Bonchev–Trinajstić information content (AvgIpc) is 3.14. The Morgan fingerprint density at radius 3 is 2.48 bits per heavy atom. The van der Waals surface area contributed by atoms with Crippen LogP contribution in [0.25, 0.3) is 22.3 Å². The van der Waals surface area contributed by atoms with E-state index in [1.807, 2.05) is 0 Å². The molecule has 2 aromatic carbocycles. The SMILES string of the molecule is C=C(C)C(=O)OCc1ccc2cc(-c3ccc(CCCCC)cc3C(F)(F)F)oc2c1. The molecule has 164 valence electrons. The number of alkyl halides is 3. The maximum atomic E-state index is 13.8. The van der Waals surface area contributed by atoms with Crippen LogP contribution in [0.3, 0.4) is 0 Å². The fourth-order valence-electron chi connectivity index (χ4n) is 3.35. The predicted molar refractivity (Wildman–Crippen MR) is 114 cm³/mol. The molecule has 0 unspecified atom stereocenters. The number of rotatable bonds is 8. The Balaban J connectivity index is 1.91. The van der Waals surface area contributed by atoms with Gasteiger partial charge in [-0.15, -0.1) is 0 Å². The largest absolute Gasteiger partial charge is 0.457 e. The Hall–Kier alpha value is -3.02. The fourth-order valence-corrected chi connectivity index (χ4v) is 3.35. The first kappa shape index (κ1) is 22.7. The molecule has 3 aromatic rings. The first-order valence-electron chi connectivity index (χ1n) is 10.2. The highest BCUT2D eigenvalue weighted by Crippen LogP contribution is 2.39. The van der Waals surface area contributed by atoms with Crippen molar-refractivity contribution in [3.63, 3.8) is 0 Å². The molecular weight excluding hydrogens is 405 g/mol. The van der Waals surface area contributed by atoms with E-state index in [2.05, 4.69) is 13.5 Å². The molecule has 0 bridgehead atoms. The maximum Gasteiger partial charge on any atom is 0.417 e. The number of halogens is 3. The summed E-state index contributed by atoms with van der Waals surface area (Å²) < 4.78 is 52.2. The van der Waals surface area contributed by atoms with Gasteiger partial charge in [0, 0.05) is 16.5 Å². The molecule has 0 aliphatic carbocycles. The van der Waals surface area contributed by atoms with E-state index in [-0.39, 0.29) is 17.9 Å². The third kappa shape index (κ3) is 5.57. The Bertz CT molecular complexity index is 1090. The molecule has 0 saturated carbocycles. The van der Waals surface area contributed by atoms with Crippen molar-refractivity contribution in [1.82, 2.24) is 0 Å². The fraction of sp³-hybridized carbons (Fsp3) is 0.320. The monoisotopic (exact) mass is 430 g/mol. The van der Waals surface area contributed by atoms with Crippen molar-refractivity contribution in [3.8, 4) is 11.3 Å². The summed E-state index contributed by atoms with van der Waals surface area (Å²) in [5, 5.41) is 0.671. The summed E-state index contributed by atoms with van der Waals surface area (Å²) in [4.78, 5) is 11.6. The molecule has 3 rings (SSSR count). The van der Waals surface area contributed by atoms with Crippen molar-refractivity contribution in [1.29, 1.82) is 0 Å².